The molecule has 0 saturated heterocycles. The molecule has 3 aromatic rings. The minimum atomic E-state index is -0.529. The topological polar surface area (TPSA) is 84.7 Å². The Labute approximate surface area is 153 Å². The number of rotatable bonds is 3. The van der Waals surface area contributed by atoms with E-state index >= 15 is 0 Å². The molecule has 0 unspecified atom stereocenters. The van der Waals surface area contributed by atoms with Gasteiger partial charge in [-0.25, -0.2) is 0 Å². The maximum atomic E-state index is 12.4. The predicted octanol–water partition coefficient (Wildman–Crippen LogP) is 3.40. The van der Waals surface area contributed by atoms with Gasteiger partial charge in [0.05, 0.1) is 10.6 Å². The number of hydrogen-bond donors (Lipinski definition) is 1. The van der Waals surface area contributed by atoms with Crippen LogP contribution in [-0.4, -0.2) is 30.1 Å². The minimum Gasteiger partial charge on any atom is -0.479 e. The first-order valence-corrected chi connectivity index (χ1v) is 8.81. The molecule has 0 aliphatic carbocycles. The molecule has 7 nitrogen and oxygen atoms in total. The number of fused-ring (bicyclic) bond motifs is 1. The first-order valence-electron chi connectivity index (χ1n) is 7.93. The molecular weight excluding hydrogens is 354 g/mol. The van der Waals surface area contributed by atoms with E-state index in [4.69, 9.17) is 9.26 Å². The third kappa shape index (κ3) is 2.84. The van der Waals surface area contributed by atoms with E-state index in [1.807, 2.05) is 17.5 Å². The highest BCUT2D eigenvalue weighted by Gasteiger charge is 2.29. The summed E-state index contributed by atoms with van der Waals surface area (Å²) in [6.07, 6.45) is -0.529. The average molecular weight is 369 g/mol. The molecule has 8 heteroatoms. The van der Waals surface area contributed by atoms with Crippen LogP contribution in [0.1, 0.15) is 17.4 Å². The molecule has 1 N–H and O–H groups in total. The highest BCUT2D eigenvalue weighted by atomic mass is 32.1. The second kappa shape index (κ2) is 6.30. The van der Waals surface area contributed by atoms with Crippen LogP contribution in [0, 0.1) is 0 Å². The zero-order valence-electron chi connectivity index (χ0n) is 14.1. The SMILES string of the molecule is C[C@@H]1Oc2ccc(NC(=O)c3cc(-c4cccs4)on3)cc2N(C)C1=O. The summed E-state index contributed by atoms with van der Waals surface area (Å²) in [6, 6.07) is 10.5. The van der Waals surface area contributed by atoms with Gasteiger partial charge in [0.15, 0.2) is 17.6 Å². The van der Waals surface area contributed by atoms with E-state index in [1.54, 1.807) is 38.2 Å². The number of ether oxygens (including phenoxy) is 1. The molecule has 2 aromatic heterocycles. The van der Waals surface area contributed by atoms with Gasteiger partial charge in [0.25, 0.3) is 11.8 Å². The van der Waals surface area contributed by atoms with Gasteiger partial charge in [-0.2, -0.15) is 0 Å². The maximum absolute atomic E-state index is 12.4. The smallest absolute Gasteiger partial charge is 0.277 e. The molecule has 0 radical (unpaired) electrons. The van der Waals surface area contributed by atoms with E-state index in [0.717, 1.165) is 4.88 Å². The Morgan fingerprint density at radius 3 is 2.92 bits per heavy atom. The second-order valence-electron chi connectivity index (χ2n) is 5.85. The lowest BCUT2D eigenvalue weighted by Crippen LogP contribution is -2.41. The Hall–Kier alpha value is -3.13. The van der Waals surface area contributed by atoms with Gasteiger partial charge < -0.3 is 19.5 Å². The van der Waals surface area contributed by atoms with Crippen molar-refractivity contribution in [2.75, 3.05) is 17.3 Å². The van der Waals surface area contributed by atoms with Crippen LogP contribution < -0.4 is 15.0 Å². The molecule has 2 amide bonds. The highest BCUT2D eigenvalue weighted by molar-refractivity contribution is 7.13. The Bertz CT molecular complexity index is 980. The summed E-state index contributed by atoms with van der Waals surface area (Å²) in [5.74, 6) is 0.607. The van der Waals surface area contributed by atoms with Gasteiger partial charge in [0, 0.05) is 18.8 Å². The number of benzene rings is 1. The number of hydrogen-bond acceptors (Lipinski definition) is 6. The standard InChI is InChI=1S/C18H15N3O4S/c1-10-18(23)21(2)13-8-11(5-6-14(13)24-10)19-17(22)12-9-15(25-20-12)16-4-3-7-26-16/h3-10H,1-2H3,(H,19,22)/t10-/m0/s1. The van der Waals surface area contributed by atoms with Gasteiger partial charge in [-0.15, -0.1) is 11.3 Å². The highest BCUT2D eigenvalue weighted by Crippen LogP contribution is 2.35. The lowest BCUT2D eigenvalue weighted by atomic mass is 10.2. The van der Waals surface area contributed by atoms with Crippen LogP contribution in [0.4, 0.5) is 11.4 Å². The van der Waals surface area contributed by atoms with E-state index in [-0.39, 0.29) is 11.6 Å². The average Bonchev–Trinajstić information content (AvgIpc) is 3.31. The van der Waals surface area contributed by atoms with Crippen LogP contribution >= 0.6 is 11.3 Å². The van der Waals surface area contributed by atoms with Crippen molar-refractivity contribution in [2.24, 2.45) is 0 Å². The summed E-state index contributed by atoms with van der Waals surface area (Å²) in [6.45, 7) is 1.70. The van der Waals surface area contributed by atoms with Crippen LogP contribution in [-0.2, 0) is 4.79 Å². The van der Waals surface area contributed by atoms with E-state index < -0.39 is 12.0 Å². The van der Waals surface area contributed by atoms with Gasteiger partial charge in [0.2, 0.25) is 0 Å². The Morgan fingerprint density at radius 2 is 2.15 bits per heavy atom. The number of anilines is 2. The van der Waals surface area contributed by atoms with Gasteiger partial charge >= 0.3 is 0 Å². The third-order valence-electron chi connectivity index (χ3n) is 4.07. The summed E-state index contributed by atoms with van der Waals surface area (Å²) in [5.41, 5.74) is 1.32. The Morgan fingerprint density at radius 1 is 1.31 bits per heavy atom. The molecule has 26 heavy (non-hydrogen) atoms. The first-order chi connectivity index (χ1) is 12.5. The summed E-state index contributed by atoms with van der Waals surface area (Å²) >= 11 is 1.50. The minimum absolute atomic E-state index is 0.141. The Balaban J connectivity index is 1.55. The quantitative estimate of drug-likeness (QED) is 0.765. The summed E-state index contributed by atoms with van der Waals surface area (Å²) in [7, 11) is 1.68. The van der Waals surface area contributed by atoms with Crippen molar-refractivity contribution in [3.05, 3.63) is 47.5 Å². The molecule has 4 rings (SSSR count). The Kier molecular flexibility index (Phi) is 3.96. The maximum Gasteiger partial charge on any atom is 0.277 e. The molecule has 1 atom stereocenters. The number of thiophene rings is 1. The number of carbonyl (C=O) groups is 2. The number of nitrogens with zero attached hydrogens (tertiary/aromatic N) is 2. The molecule has 3 heterocycles. The van der Waals surface area contributed by atoms with Crippen LogP contribution in [0.3, 0.4) is 0 Å². The zero-order valence-corrected chi connectivity index (χ0v) is 14.9. The third-order valence-corrected chi connectivity index (χ3v) is 4.95. The van der Waals surface area contributed by atoms with Gasteiger partial charge in [-0.1, -0.05) is 11.2 Å². The lowest BCUT2D eigenvalue weighted by Gasteiger charge is -2.30. The van der Waals surface area contributed by atoms with Crippen molar-refractivity contribution in [3.8, 4) is 16.4 Å². The van der Waals surface area contributed by atoms with Crippen LogP contribution in [0.2, 0.25) is 0 Å². The van der Waals surface area contributed by atoms with Crippen molar-refractivity contribution in [2.45, 2.75) is 13.0 Å². The van der Waals surface area contributed by atoms with Crippen LogP contribution in [0.15, 0.2) is 46.3 Å². The van der Waals surface area contributed by atoms with Gasteiger partial charge in [0.1, 0.15) is 5.75 Å². The van der Waals surface area contributed by atoms with E-state index in [2.05, 4.69) is 10.5 Å². The fourth-order valence-corrected chi connectivity index (χ4v) is 3.37. The van der Waals surface area contributed by atoms with Crippen LogP contribution in [0.25, 0.3) is 10.6 Å². The normalized spacial score (nSPS) is 16.2. The second-order valence-corrected chi connectivity index (χ2v) is 6.80. The first kappa shape index (κ1) is 16.3. The monoisotopic (exact) mass is 369 g/mol. The molecule has 1 aliphatic heterocycles. The molecular formula is C18H15N3O4S. The lowest BCUT2D eigenvalue weighted by molar-refractivity contribution is -0.125. The molecule has 0 saturated carbocycles. The molecule has 0 bridgehead atoms. The predicted molar refractivity (Wildman–Crippen MR) is 97.7 cm³/mol. The van der Waals surface area contributed by atoms with Crippen molar-refractivity contribution in [1.29, 1.82) is 0 Å². The van der Waals surface area contributed by atoms with Crippen LogP contribution in [0.5, 0.6) is 5.75 Å². The molecule has 0 spiro atoms. The molecule has 132 valence electrons. The summed E-state index contributed by atoms with van der Waals surface area (Å²) in [5, 5.41) is 8.51. The molecule has 0 fully saturated rings. The fourth-order valence-electron chi connectivity index (χ4n) is 2.70. The van der Waals surface area contributed by atoms with E-state index in [1.165, 1.54) is 16.2 Å². The number of carbonyl (C=O) groups excluding carboxylic acids is 2. The van der Waals surface area contributed by atoms with Gasteiger partial charge in [-0.3, -0.25) is 9.59 Å². The van der Waals surface area contributed by atoms with Crippen molar-refractivity contribution in [1.82, 2.24) is 5.16 Å². The summed E-state index contributed by atoms with van der Waals surface area (Å²) in [4.78, 5) is 26.9. The molecule has 1 aromatic carbocycles. The summed E-state index contributed by atoms with van der Waals surface area (Å²) < 4.78 is 10.8. The van der Waals surface area contributed by atoms with Crippen molar-refractivity contribution >= 4 is 34.5 Å². The largest absolute Gasteiger partial charge is 0.479 e. The zero-order chi connectivity index (χ0) is 18.3. The number of aromatic nitrogens is 1. The van der Waals surface area contributed by atoms with E-state index in [9.17, 15) is 9.59 Å². The van der Waals surface area contributed by atoms with E-state index in [0.29, 0.717) is 22.9 Å². The number of likely N-dealkylation sites (N-methyl/N-ethyl adjacent to an activating group) is 1. The number of nitrogens with one attached hydrogen (secondary N) is 1. The van der Waals surface area contributed by atoms with Crippen molar-refractivity contribution < 1.29 is 18.8 Å². The van der Waals surface area contributed by atoms with Gasteiger partial charge in [-0.05, 0) is 36.6 Å². The fraction of sp³-hybridized carbons (Fsp3) is 0.167. The van der Waals surface area contributed by atoms with Crippen molar-refractivity contribution in [3.63, 3.8) is 0 Å². The number of amides is 2. The molecule has 1 aliphatic rings.